The van der Waals surface area contributed by atoms with Crippen molar-refractivity contribution in [1.29, 1.82) is 0 Å². The number of amides is 1. The summed E-state index contributed by atoms with van der Waals surface area (Å²) >= 11 is 7.85. The fourth-order valence-corrected chi connectivity index (χ4v) is 3.53. The van der Waals surface area contributed by atoms with Crippen LogP contribution in [0.3, 0.4) is 0 Å². The van der Waals surface area contributed by atoms with E-state index in [9.17, 15) is 4.79 Å². The molecule has 6 heteroatoms. The normalized spacial score (nSPS) is 14.7. The van der Waals surface area contributed by atoms with Crippen LogP contribution in [0.2, 0.25) is 5.02 Å². The summed E-state index contributed by atoms with van der Waals surface area (Å²) < 4.78 is 0. The number of carbonyl (C=O) groups excluding carboxylic acids is 1. The number of benzene rings is 1. The molecule has 1 aliphatic rings. The number of fused-ring (bicyclic) bond motifs is 1. The highest BCUT2D eigenvalue weighted by Crippen LogP contribution is 2.25. The second kappa shape index (κ2) is 6.05. The number of hydrogen-bond donors (Lipinski definition) is 2. The van der Waals surface area contributed by atoms with Gasteiger partial charge in [0.2, 0.25) is 5.91 Å². The van der Waals surface area contributed by atoms with Gasteiger partial charge in [0.15, 0.2) is 0 Å². The van der Waals surface area contributed by atoms with Crippen molar-refractivity contribution in [2.24, 2.45) is 0 Å². The molecule has 0 radical (unpaired) electrons. The van der Waals surface area contributed by atoms with Gasteiger partial charge in [0.25, 0.3) is 0 Å². The van der Waals surface area contributed by atoms with Gasteiger partial charge in [-0.3, -0.25) is 9.69 Å². The molecule has 2 heterocycles. The summed E-state index contributed by atoms with van der Waals surface area (Å²) in [4.78, 5) is 15.7. The van der Waals surface area contributed by atoms with Gasteiger partial charge in [-0.2, -0.15) is 0 Å². The van der Waals surface area contributed by atoms with E-state index in [1.165, 1.54) is 10.4 Å². The Balaban J connectivity index is 1.61. The number of rotatable bonds is 3. The van der Waals surface area contributed by atoms with E-state index < -0.39 is 0 Å². The average molecular weight is 322 g/mol. The second-order valence-electron chi connectivity index (χ2n) is 5.12. The molecule has 0 saturated carbocycles. The van der Waals surface area contributed by atoms with E-state index in [0.717, 1.165) is 19.5 Å². The SMILES string of the molecule is Nc1ccc(Cl)c(NC(=O)CN2CCc3sccc3C2)c1. The minimum absolute atomic E-state index is 0.0684. The summed E-state index contributed by atoms with van der Waals surface area (Å²) in [5.74, 6) is -0.0684. The molecule has 3 N–H and O–H groups in total. The zero-order valence-corrected chi connectivity index (χ0v) is 13.0. The van der Waals surface area contributed by atoms with Crippen molar-refractivity contribution in [3.63, 3.8) is 0 Å². The van der Waals surface area contributed by atoms with Gasteiger partial charge in [-0.1, -0.05) is 11.6 Å². The van der Waals surface area contributed by atoms with E-state index in [1.54, 1.807) is 29.5 Å². The van der Waals surface area contributed by atoms with Crippen LogP contribution in [0, 0.1) is 0 Å². The molecule has 1 aromatic heterocycles. The zero-order chi connectivity index (χ0) is 14.8. The molecule has 1 aromatic carbocycles. The maximum Gasteiger partial charge on any atom is 0.238 e. The highest BCUT2D eigenvalue weighted by atomic mass is 35.5. The Morgan fingerprint density at radius 2 is 2.29 bits per heavy atom. The van der Waals surface area contributed by atoms with Crippen molar-refractivity contribution in [3.8, 4) is 0 Å². The van der Waals surface area contributed by atoms with Crippen molar-refractivity contribution in [1.82, 2.24) is 4.90 Å². The largest absolute Gasteiger partial charge is 0.399 e. The van der Waals surface area contributed by atoms with Gasteiger partial charge in [0.05, 0.1) is 17.3 Å². The fraction of sp³-hybridized carbons (Fsp3) is 0.267. The van der Waals surface area contributed by atoms with Crippen molar-refractivity contribution in [2.45, 2.75) is 13.0 Å². The molecule has 0 unspecified atom stereocenters. The number of nitrogen functional groups attached to an aromatic ring is 1. The standard InChI is InChI=1S/C15H16ClN3OS/c16-12-2-1-11(17)7-13(12)18-15(20)9-19-5-3-14-10(8-19)4-6-21-14/h1-2,4,6-7H,3,5,8-9,17H2,(H,18,20). The number of nitrogens with one attached hydrogen (secondary N) is 1. The van der Waals surface area contributed by atoms with Crippen LogP contribution in [0.4, 0.5) is 11.4 Å². The summed E-state index contributed by atoms with van der Waals surface area (Å²) in [6.07, 6.45) is 1.01. The van der Waals surface area contributed by atoms with Crippen molar-refractivity contribution in [3.05, 3.63) is 45.1 Å². The third-order valence-corrected chi connectivity index (χ3v) is 4.87. The first-order valence-electron chi connectivity index (χ1n) is 6.74. The van der Waals surface area contributed by atoms with Gasteiger partial charge in [0, 0.05) is 23.7 Å². The van der Waals surface area contributed by atoms with Crippen molar-refractivity contribution in [2.75, 3.05) is 24.1 Å². The average Bonchev–Trinajstić information content (AvgIpc) is 2.90. The summed E-state index contributed by atoms with van der Waals surface area (Å²) in [5, 5.41) is 5.43. The molecule has 0 saturated heterocycles. The van der Waals surface area contributed by atoms with E-state index >= 15 is 0 Å². The Morgan fingerprint density at radius 1 is 1.43 bits per heavy atom. The van der Waals surface area contributed by atoms with Gasteiger partial charge in [-0.05, 0) is 41.6 Å². The first-order chi connectivity index (χ1) is 10.1. The molecule has 3 rings (SSSR count). The lowest BCUT2D eigenvalue weighted by Gasteiger charge is -2.26. The van der Waals surface area contributed by atoms with Crippen LogP contribution < -0.4 is 11.1 Å². The quantitative estimate of drug-likeness (QED) is 0.854. The molecule has 1 aliphatic heterocycles. The smallest absolute Gasteiger partial charge is 0.238 e. The molecule has 110 valence electrons. The third kappa shape index (κ3) is 3.37. The number of halogens is 1. The lowest BCUT2D eigenvalue weighted by molar-refractivity contribution is -0.117. The number of nitrogens with zero attached hydrogens (tertiary/aromatic N) is 1. The Hall–Kier alpha value is -1.56. The van der Waals surface area contributed by atoms with E-state index in [-0.39, 0.29) is 5.91 Å². The van der Waals surface area contributed by atoms with Crippen LogP contribution in [0.5, 0.6) is 0 Å². The van der Waals surface area contributed by atoms with Crippen LogP contribution in [0.25, 0.3) is 0 Å². The summed E-state index contributed by atoms with van der Waals surface area (Å²) in [7, 11) is 0. The molecule has 21 heavy (non-hydrogen) atoms. The predicted molar refractivity (Wildman–Crippen MR) is 87.8 cm³/mol. The fourth-order valence-electron chi connectivity index (χ4n) is 2.47. The molecule has 2 aromatic rings. The summed E-state index contributed by atoms with van der Waals surface area (Å²) in [5.41, 5.74) is 8.19. The Labute approximate surface area is 132 Å². The number of hydrogen-bond acceptors (Lipinski definition) is 4. The second-order valence-corrected chi connectivity index (χ2v) is 6.52. The van der Waals surface area contributed by atoms with Crippen molar-refractivity contribution < 1.29 is 4.79 Å². The maximum atomic E-state index is 12.1. The van der Waals surface area contributed by atoms with Crippen LogP contribution in [-0.4, -0.2) is 23.9 Å². The van der Waals surface area contributed by atoms with Gasteiger partial charge in [-0.15, -0.1) is 11.3 Å². The molecular formula is C15H16ClN3OS. The zero-order valence-electron chi connectivity index (χ0n) is 11.4. The summed E-state index contributed by atoms with van der Waals surface area (Å²) in [6, 6.07) is 7.21. The topological polar surface area (TPSA) is 58.4 Å². The van der Waals surface area contributed by atoms with Crippen LogP contribution in [0.15, 0.2) is 29.6 Å². The van der Waals surface area contributed by atoms with E-state index in [4.69, 9.17) is 17.3 Å². The molecule has 0 atom stereocenters. The molecule has 0 fully saturated rings. The maximum absolute atomic E-state index is 12.1. The number of carbonyl (C=O) groups is 1. The molecular weight excluding hydrogens is 306 g/mol. The number of thiophene rings is 1. The minimum atomic E-state index is -0.0684. The van der Waals surface area contributed by atoms with Gasteiger partial charge < -0.3 is 11.1 Å². The highest BCUT2D eigenvalue weighted by Gasteiger charge is 2.19. The van der Waals surface area contributed by atoms with Crippen LogP contribution in [0.1, 0.15) is 10.4 Å². The van der Waals surface area contributed by atoms with Gasteiger partial charge in [0.1, 0.15) is 0 Å². The van der Waals surface area contributed by atoms with Crippen LogP contribution >= 0.6 is 22.9 Å². The number of anilines is 2. The number of nitrogens with two attached hydrogens (primary N) is 1. The third-order valence-electron chi connectivity index (χ3n) is 3.52. The Morgan fingerprint density at radius 3 is 3.14 bits per heavy atom. The highest BCUT2D eigenvalue weighted by molar-refractivity contribution is 7.10. The van der Waals surface area contributed by atoms with E-state index in [2.05, 4.69) is 21.7 Å². The van der Waals surface area contributed by atoms with E-state index in [1.807, 2.05) is 0 Å². The first-order valence-corrected chi connectivity index (χ1v) is 8.00. The molecule has 4 nitrogen and oxygen atoms in total. The molecule has 0 bridgehead atoms. The van der Waals surface area contributed by atoms with Gasteiger partial charge >= 0.3 is 0 Å². The molecule has 1 amide bonds. The predicted octanol–water partition coefficient (Wildman–Crippen LogP) is 2.98. The Bertz CT molecular complexity index is 671. The van der Waals surface area contributed by atoms with E-state index in [0.29, 0.717) is 22.9 Å². The molecule has 0 spiro atoms. The van der Waals surface area contributed by atoms with Gasteiger partial charge in [-0.25, -0.2) is 0 Å². The van der Waals surface area contributed by atoms with Crippen molar-refractivity contribution >= 4 is 40.2 Å². The summed E-state index contributed by atoms with van der Waals surface area (Å²) in [6.45, 7) is 2.10. The van der Waals surface area contributed by atoms with Crippen LogP contribution in [-0.2, 0) is 17.8 Å². The lowest BCUT2D eigenvalue weighted by Crippen LogP contribution is -2.36. The molecule has 0 aliphatic carbocycles. The monoisotopic (exact) mass is 321 g/mol. The minimum Gasteiger partial charge on any atom is -0.399 e. The first kappa shape index (κ1) is 14.4. The lowest BCUT2D eigenvalue weighted by atomic mass is 10.1. The Kier molecular flexibility index (Phi) is 4.14.